The van der Waals surface area contributed by atoms with Crippen LogP contribution in [0.2, 0.25) is 0 Å². The second kappa shape index (κ2) is 15.5. The van der Waals surface area contributed by atoms with Gasteiger partial charge in [0.05, 0.1) is 40.6 Å². The van der Waals surface area contributed by atoms with Crippen LogP contribution in [0.4, 0.5) is 5.69 Å². The van der Waals surface area contributed by atoms with Gasteiger partial charge in [-0.15, -0.1) is 0 Å². The fourth-order valence-electron chi connectivity index (χ4n) is 8.48. The molecular weight excluding hydrogens is 714 g/mol. The number of carbonyl (C=O) groups excluding carboxylic acids is 5. The van der Waals surface area contributed by atoms with E-state index in [1.165, 1.54) is 25.1 Å². The third kappa shape index (κ3) is 6.97. The highest BCUT2D eigenvalue weighted by atomic mass is 16.7. The van der Waals surface area contributed by atoms with Crippen molar-refractivity contribution in [2.45, 2.75) is 128 Å². The van der Waals surface area contributed by atoms with Crippen molar-refractivity contribution in [3.63, 3.8) is 0 Å². The SMILES string of the molecule is CCC(C)C(=O)O[C@H]1[C@@H]2[C@@H](OC(=O)c3ccccc3NC)[C@@]3(OC2(C)C)[C@](OC(=O)C(C)CC)([C@@H]1OC(=O)c1ccccc1)[C@@H](OC(C)=O)[C@@H](O)C[C@]3(C)O. The Morgan fingerprint density at radius 1 is 0.818 bits per heavy atom. The summed E-state index contributed by atoms with van der Waals surface area (Å²) in [5.74, 6) is -7.17. The predicted molar refractivity (Wildman–Crippen MR) is 197 cm³/mol. The highest BCUT2D eigenvalue weighted by Crippen LogP contribution is 2.67. The minimum atomic E-state index is -2.73. The van der Waals surface area contributed by atoms with Crippen LogP contribution in [0.3, 0.4) is 0 Å². The molecule has 3 fully saturated rings. The number of nitrogens with one attached hydrogen (secondary N) is 1. The molecule has 2 aliphatic carbocycles. The second-order valence-corrected chi connectivity index (χ2v) is 15.6. The molecule has 3 aliphatic rings. The summed E-state index contributed by atoms with van der Waals surface area (Å²) >= 11 is 0. The van der Waals surface area contributed by atoms with Crippen LogP contribution in [0.25, 0.3) is 0 Å². The third-order valence-electron chi connectivity index (χ3n) is 11.5. The Morgan fingerprint density at radius 3 is 2.00 bits per heavy atom. The maximum atomic E-state index is 14.4. The van der Waals surface area contributed by atoms with Gasteiger partial charge in [0.2, 0.25) is 5.60 Å². The van der Waals surface area contributed by atoms with E-state index in [1.807, 2.05) is 0 Å². The first-order chi connectivity index (χ1) is 25.8. The Kier molecular flexibility index (Phi) is 11.8. The van der Waals surface area contributed by atoms with Crippen molar-refractivity contribution < 1.29 is 62.6 Å². The lowest BCUT2D eigenvalue weighted by Gasteiger charge is -2.65. The zero-order valence-electron chi connectivity index (χ0n) is 32.8. The van der Waals surface area contributed by atoms with Gasteiger partial charge in [-0.1, -0.05) is 58.0 Å². The van der Waals surface area contributed by atoms with Crippen molar-refractivity contribution in [3.05, 3.63) is 65.7 Å². The smallest absolute Gasteiger partial charge is 0.340 e. The Bertz CT molecular complexity index is 1780. The van der Waals surface area contributed by atoms with Gasteiger partial charge in [0.1, 0.15) is 11.7 Å². The van der Waals surface area contributed by atoms with E-state index in [9.17, 15) is 34.2 Å². The molecular formula is C41H53NO13. The van der Waals surface area contributed by atoms with Crippen LogP contribution in [0.15, 0.2) is 54.6 Å². The summed E-state index contributed by atoms with van der Waals surface area (Å²) in [5.41, 5.74) is -8.45. The molecule has 3 N–H and O–H groups in total. The molecule has 11 atom stereocenters. The molecule has 2 bridgehead atoms. The van der Waals surface area contributed by atoms with Crippen LogP contribution >= 0.6 is 0 Å². The Balaban J connectivity index is 1.91. The largest absolute Gasteiger partial charge is 0.457 e. The molecule has 55 heavy (non-hydrogen) atoms. The van der Waals surface area contributed by atoms with Gasteiger partial charge < -0.3 is 44.0 Å². The van der Waals surface area contributed by atoms with E-state index in [1.54, 1.807) is 85.0 Å². The number of aliphatic hydroxyl groups excluding tert-OH is 1. The molecule has 1 spiro atoms. The number of rotatable bonds is 12. The van der Waals surface area contributed by atoms with E-state index in [0.29, 0.717) is 12.1 Å². The highest BCUT2D eigenvalue weighted by molar-refractivity contribution is 5.96. The van der Waals surface area contributed by atoms with Crippen molar-refractivity contribution in [2.24, 2.45) is 17.8 Å². The van der Waals surface area contributed by atoms with E-state index in [4.69, 9.17) is 28.4 Å². The minimum Gasteiger partial charge on any atom is -0.457 e. The summed E-state index contributed by atoms with van der Waals surface area (Å²) in [7, 11) is 1.62. The van der Waals surface area contributed by atoms with Gasteiger partial charge in [0, 0.05) is 26.1 Å². The summed E-state index contributed by atoms with van der Waals surface area (Å²) in [6.45, 7) is 12.3. The summed E-state index contributed by atoms with van der Waals surface area (Å²) in [6.07, 6.45) is -8.90. The van der Waals surface area contributed by atoms with Crippen molar-refractivity contribution in [1.82, 2.24) is 0 Å². The lowest BCUT2D eigenvalue weighted by molar-refractivity contribution is -0.376. The van der Waals surface area contributed by atoms with E-state index in [0.717, 1.165) is 6.92 Å². The quantitative estimate of drug-likeness (QED) is 0.203. The van der Waals surface area contributed by atoms with Gasteiger partial charge in [-0.25, -0.2) is 9.59 Å². The maximum Gasteiger partial charge on any atom is 0.340 e. The minimum absolute atomic E-state index is 0.0591. The zero-order chi connectivity index (χ0) is 40.7. The van der Waals surface area contributed by atoms with Crippen molar-refractivity contribution in [2.75, 3.05) is 12.4 Å². The topological polar surface area (TPSA) is 193 Å². The molecule has 5 rings (SSSR count). The first-order valence-corrected chi connectivity index (χ1v) is 18.8. The van der Waals surface area contributed by atoms with E-state index in [-0.39, 0.29) is 17.5 Å². The van der Waals surface area contributed by atoms with Crippen LogP contribution < -0.4 is 5.32 Å². The molecule has 2 saturated carbocycles. The van der Waals surface area contributed by atoms with E-state index < -0.39 is 107 Å². The van der Waals surface area contributed by atoms with Gasteiger partial charge in [-0.05, 0) is 57.9 Å². The number of carbonyl (C=O) groups is 5. The summed E-state index contributed by atoms with van der Waals surface area (Å²) < 4.78 is 38.5. The summed E-state index contributed by atoms with van der Waals surface area (Å²) in [5, 5.41) is 27.7. The number of benzene rings is 2. The number of anilines is 1. The molecule has 14 heteroatoms. The lowest BCUT2D eigenvalue weighted by Crippen LogP contribution is -2.89. The van der Waals surface area contributed by atoms with Crippen molar-refractivity contribution in [1.29, 1.82) is 0 Å². The third-order valence-corrected chi connectivity index (χ3v) is 11.5. The molecule has 2 aromatic rings. The van der Waals surface area contributed by atoms with Gasteiger partial charge in [0.25, 0.3) is 0 Å². The summed E-state index contributed by atoms with van der Waals surface area (Å²) in [4.78, 5) is 70.0. The fourth-order valence-corrected chi connectivity index (χ4v) is 8.48. The Labute approximate surface area is 321 Å². The molecule has 0 radical (unpaired) electrons. The molecule has 2 unspecified atom stereocenters. The second-order valence-electron chi connectivity index (χ2n) is 15.6. The van der Waals surface area contributed by atoms with Crippen LogP contribution in [-0.2, 0) is 42.8 Å². The zero-order valence-corrected chi connectivity index (χ0v) is 32.8. The monoisotopic (exact) mass is 767 g/mol. The van der Waals surface area contributed by atoms with Crippen LogP contribution in [0, 0.1) is 17.8 Å². The number of fused-ring (bicyclic) bond motifs is 1. The van der Waals surface area contributed by atoms with Gasteiger partial charge in [-0.2, -0.15) is 0 Å². The predicted octanol–water partition coefficient (Wildman–Crippen LogP) is 4.39. The molecule has 0 aromatic heterocycles. The Hall–Kier alpha value is -4.53. The Morgan fingerprint density at radius 2 is 1.40 bits per heavy atom. The summed E-state index contributed by atoms with van der Waals surface area (Å²) in [6, 6.07) is 14.4. The molecule has 14 nitrogen and oxygen atoms in total. The van der Waals surface area contributed by atoms with Gasteiger partial charge in [-0.3, -0.25) is 14.4 Å². The average Bonchev–Trinajstić information content (AvgIpc) is 3.35. The van der Waals surface area contributed by atoms with E-state index >= 15 is 0 Å². The highest BCUT2D eigenvalue weighted by Gasteiger charge is 2.90. The molecule has 1 saturated heterocycles. The van der Waals surface area contributed by atoms with Crippen molar-refractivity contribution in [3.8, 4) is 0 Å². The fraction of sp³-hybridized carbons (Fsp3) is 0.585. The molecule has 0 amide bonds. The number of aliphatic hydroxyl groups is 2. The average molecular weight is 768 g/mol. The first kappa shape index (κ1) is 41.6. The number of para-hydroxylation sites is 1. The number of ether oxygens (including phenoxy) is 6. The molecule has 1 heterocycles. The molecule has 1 aliphatic heterocycles. The first-order valence-electron chi connectivity index (χ1n) is 18.8. The molecule has 300 valence electrons. The van der Waals surface area contributed by atoms with E-state index in [2.05, 4.69) is 5.32 Å². The maximum absolute atomic E-state index is 14.4. The van der Waals surface area contributed by atoms with Gasteiger partial charge in [0.15, 0.2) is 23.9 Å². The number of hydrogen-bond acceptors (Lipinski definition) is 14. The van der Waals surface area contributed by atoms with Crippen LogP contribution in [0.1, 0.15) is 95.4 Å². The van der Waals surface area contributed by atoms with Crippen molar-refractivity contribution >= 4 is 35.5 Å². The van der Waals surface area contributed by atoms with Gasteiger partial charge >= 0.3 is 29.8 Å². The van der Waals surface area contributed by atoms with Crippen LogP contribution in [0.5, 0.6) is 0 Å². The lowest BCUT2D eigenvalue weighted by atomic mass is 9.50. The van der Waals surface area contributed by atoms with Crippen LogP contribution in [-0.4, -0.2) is 100 Å². The number of esters is 5. The normalized spacial score (nSPS) is 32.9. The number of hydrogen-bond donors (Lipinski definition) is 3. The standard InChI is InChI=1S/C41H53NO13/c1-10-22(3)34(45)51-30-29-32(52-37(48)26-19-15-16-20-27(26)42-9)41(55-38(29,6)7)39(8,49)21-28(44)31(50-24(5)43)40(41,54-35(46)23(4)11-2)33(30)53-36(47)25-17-13-12-14-18-25/h12-20,22-23,28-33,42,44,49H,10-11,21H2,1-9H3/t22?,23?,28-,29+,30-,31-,32+,33+,39-,40+,41-/m0/s1. The molecule has 2 aromatic carbocycles.